The largest absolute Gasteiger partial charge is 0.362 e. The first-order valence-electron chi connectivity index (χ1n) is 6.12. The van der Waals surface area contributed by atoms with Crippen LogP contribution in [0.5, 0.6) is 0 Å². The fraction of sp³-hybridized carbons (Fsp3) is 0.667. The molecule has 1 N–H and O–H groups in total. The lowest BCUT2D eigenvalue weighted by molar-refractivity contribution is -0.120. The van der Waals surface area contributed by atoms with Gasteiger partial charge >= 0.3 is 0 Å². The van der Waals surface area contributed by atoms with Crippen LogP contribution in [0.25, 0.3) is 0 Å². The molecule has 17 heavy (non-hydrogen) atoms. The summed E-state index contributed by atoms with van der Waals surface area (Å²) in [6, 6.07) is 0. The lowest BCUT2D eigenvalue weighted by Gasteiger charge is -2.20. The van der Waals surface area contributed by atoms with Crippen LogP contribution in [-0.2, 0) is 16.3 Å². The van der Waals surface area contributed by atoms with Gasteiger partial charge in [-0.3, -0.25) is 4.79 Å². The van der Waals surface area contributed by atoms with Crippen LogP contribution in [0.4, 0.5) is 5.69 Å². The predicted octanol–water partition coefficient (Wildman–Crippen LogP) is 2.01. The zero-order valence-electron chi connectivity index (χ0n) is 10.2. The standard InChI is InChI=1S/C12H19N3O2/c1-17-9-15-8-11(7-13-15)14-12(16)10-5-3-2-4-6-10/h7-8,10H,2-6,9H2,1H3,(H,14,16). The Morgan fingerprint density at radius 3 is 3.00 bits per heavy atom. The van der Waals surface area contributed by atoms with E-state index < -0.39 is 0 Å². The van der Waals surface area contributed by atoms with Crippen molar-refractivity contribution < 1.29 is 9.53 Å². The Hall–Kier alpha value is -1.36. The number of hydrogen-bond donors (Lipinski definition) is 1. The number of carbonyl (C=O) groups is 1. The van der Waals surface area contributed by atoms with Crippen molar-refractivity contribution in [3.8, 4) is 0 Å². The molecule has 1 aromatic rings. The van der Waals surface area contributed by atoms with Crippen molar-refractivity contribution in [1.29, 1.82) is 0 Å². The molecule has 0 spiro atoms. The van der Waals surface area contributed by atoms with Crippen LogP contribution in [0, 0.1) is 5.92 Å². The minimum Gasteiger partial charge on any atom is -0.362 e. The Morgan fingerprint density at radius 2 is 2.29 bits per heavy atom. The third-order valence-electron chi connectivity index (χ3n) is 3.14. The number of amides is 1. The van der Waals surface area contributed by atoms with E-state index >= 15 is 0 Å². The molecule has 0 saturated heterocycles. The molecule has 1 aliphatic rings. The molecule has 1 saturated carbocycles. The van der Waals surface area contributed by atoms with Crippen LogP contribution in [0.3, 0.4) is 0 Å². The Kier molecular flexibility index (Phi) is 4.14. The molecular formula is C12H19N3O2. The summed E-state index contributed by atoms with van der Waals surface area (Å²) in [4.78, 5) is 12.0. The zero-order valence-corrected chi connectivity index (χ0v) is 10.2. The fourth-order valence-corrected chi connectivity index (χ4v) is 2.24. The Labute approximate surface area is 101 Å². The molecule has 0 atom stereocenters. The molecule has 94 valence electrons. The van der Waals surface area contributed by atoms with Crippen molar-refractivity contribution in [3.63, 3.8) is 0 Å². The summed E-state index contributed by atoms with van der Waals surface area (Å²) in [6.07, 6.45) is 9.05. The first-order chi connectivity index (χ1) is 8.29. The van der Waals surface area contributed by atoms with Gasteiger partial charge in [0.25, 0.3) is 0 Å². The van der Waals surface area contributed by atoms with Gasteiger partial charge in [0.05, 0.1) is 18.1 Å². The molecule has 1 fully saturated rings. The second kappa shape index (κ2) is 5.82. The van der Waals surface area contributed by atoms with E-state index in [1.165, 1.54) is 19.3 Å². The molecule has 0 bridgehead atoms. The molecule has 1 heterocycles. The van der Waals surface area contributed by atoms with Crippen LogP contribution in [0.1, 0.15) is 32.1 Å². The summed E-state index contributed by atoms with van der Waals surface area (Å²) >= 11 is 0. The van der Waals surface area contributed by atoms with Crippen LogP contribution < -0.4 is 5.32 Å². The average molecular weight is 237 g/mol. The highest BCUT2D eigenvalue weighted by molar-refractivity contribution is 5.92. The minimum atomic E-state index is 0.127. The number of carbonyl (C=O) groups excluding carboxylic acids is 1. The molecular weight excluding hydrogens is 218 g/mol. The maximum absolute atomic E-state index is 12.0. The fourth-order valence-electron chi connectivity index (χ4n) is 2.24. The number of nitrogens with zero attached hydrogens (tertiary/aromatic N) is 2. The lowest BCUT2D eigenvalue weighted by Crippen LogP contribution is -2.24. The average Bonchev–Trinajstić information content (AvgIpc) is 2.78. The number of nitrogens with one attached hydrogen (secondary N) is 1. The van der Waals surface area contributed by atoms with E-state index in [9.17, 15) is 4.79 Å². The van der Waals surface area contributed by atoms with Gasteiger partial charge in [-0.05, 0) is 12.8 Å². The van der Waals surface area contributed by atoms with Crippen LogP contribution >= 0.6 is 0 Å². The normalized spacial score (nSPS) is 17.0. The first kappa shape index (κ1) is 12.1. The van der Waals surface area contributed by atoms with Crippen molar-refractivity contribution in [3.05, 3.63) is 12.4 Å². The highest BCUT2D eigenvalue weighted by Gasteiger charge is 2.21. The predicted molar refractivity (Wildman–Crippen MR) is 64.4 cm³/mol. The van der Waals surface area contributed by atoms with E-state index in [2.05, 4.69) is 10.4 Å². The molecule has 0 unspecified atom stereocenters. The monoisotopic (exact) mass is 237 g/mol. The summed E-state index contributed by atoms with van der Waals surface area (Å²) in [5, 5.41) is 6.99. The Morgan fingerprint density at radius 1 is 1.53 bits per heavy atom. The van der Waals surface area contributed by atoms with Gasteiger partial charge in [-0.1, -0.05) is 19.3 Å². The zero-order chi connectivity index (χ0) is 12.1. The van der Waals surface area contributed by atoms with Crippen molar-refractivity contribution in [1.82, 2.24) is 9.78 Å². The number of aromatic nitrogens is 2. The van der Waals surface area contributed by atoms with Gasteiger partial charge in [0.1, 0.15) is 6.73 Å². The maximum atomic E-state index is 12.0. The van der Waals surface area contributed by atoms with E-state index in [1.807, 2.05) is 0 Å². The number of rotatable bonds is 4. The Balaban J connectivity index is 1.88. The number of methoxy groups -OCH3 is 1. The molecule has 5 nitrogen and oxygen atoms in total. The van der Waals surface area contributed by atoms with Gasteiger partial charge in [-0.15, -0.1) is 0 Å². The number of ether oxygens (including phenoxy) is 1. The molecule has 5 heteroatoms. The molecule has 1 aliphatic carbocycles. The smallest absolute Gasteiger partial charge is 0.227 e. The lowest BCUT2D eigenvalue weighted by atomic mass is 9.89. The van der Waals surface area contributed by atoms with Crippen molar-refractivity contribution in [2.75, 3.05) is 12.4 Å². The van der Waals surface area contributed by atoms with Crippen molar-refractivity contribution in [2.24, 2.45) is 5.92 Å². The molecule has 0 aromatic carbocycles. The van der Waals surface area contributed by atoms with E-state index in [0.717, 1.165) is 18.5 Å². The molecule has 1 amide bonds. The Bertz CT molecular complexity index is 370. The van der Waals surface area contributed by atoms with E-state index in [1.54, 1.807) is 24.2 Å². The van der Waals surface area contributed by atoms with Crippen molar-refractivity contribution >= 4 is 11.6 Å². The van der Waals surface area contributed by atoms with E-state index in [4.69, 9.17) is 4.74 Å². The topological polar surface area (TPSA) is 56.1 Å². The van der Waals surface area contributed by atoms with Gasteiger partial charge in [-0.2, -0.15) is 5.10 Å². The molecule has 0 aliphatic heterocycles. The molecule has 2 rings (SSSR count). The minimum absolute atomic E-state index is 0.127. The highest BCUT2D eigenvalue weighted by Crippen LogP contribution is 2.24. The van der Waals surface area contributed by atoms with Gasteiger partial charge in [0.2, 0.25) is 5.91 Å². The molecule has 1 aromatic heterocycles. The van der Waals surface area contributed by atoms with Gasteiger partial charge in [0.15, 0.2) is 0 Å². The molecule has 0 radical (unpaired) electrons. The first-order valence-corrected chi connectivity index (χ1v) is 6.12. The third kappa shape index (κ3) is 3.30. The summed E-state index contributed by atoms with van der Waals surface area (Å²) in [6.45, 7) is 0.402. The number of anilines is 1. The van der Waals surface area contributed by atoms with Crippen LogP contribution in [0.2, 0.25) is 0 Å². The quantitative estimate of drug-likeness (QED) is 0.871. The second-order valence-corrected chi connectivity index (χ2v) is 4.51. The third-order valence-corrected chi connectivity index (χ3v) is 3.14. The second-order valence-electron chi connectivity index (χ2n) is 4.51. The summed E-state index contributed by atoms with van der Waals surface area (Å²) in [7, 11) is 1.61. The highest BCUT2D eigenvalue weighted by atomic mass is 16.5. The van der Waals surface area contributed by atoms with E-state index in [-0.39, 0.29) is 11.8 Å². The van der Waals surface area contributed by atoms with Gasteiger partial charge in [0, 0.05) is 13.0 Å². The summed E-state index contributed by atoms with van der Waals surface area (Å²) in [5.41, 5.74) is 0.748. The summed E-state index contributed by atoms with van der Waals surface area (Å²) < 4.78 is 6.60. The SMILES string of the molecule is COCn1cc(NC(=O)C2CCCCC2)cn1. The summed E-state index contributed by atoms with van der Waals surface area (Å²) in [5.74, 6) is 0.302. The maximum Gasteiger partial charge on any atom is 0.227 e. The van der Waals surface area contributed by atoms with Crippen LogP contribution in [0.15, 0.2) is 12.4 Å². The van der Waals surface area contributed by atoms with Crippen LogP contribution in [-0.4, -0.2) is 22.8 Å². The van der Waals surface area contributed by atoms with Gasteiger partial charge < -0.3 is 10.1 Å². The number of hydrogen-bond acceptors (Lipinski definition) is 3. The van der Waals surface area contributed by atoms with E-state index in [0.29, 0.717) is 6.73 Å². The van der Waals surface area contributed by atoms with Gasteiger partial charge in [-0.25, -0.2) is 4.68 Å². The van der Waals surface area contributed by atoms with Crippen molar-refractivity contribution in [2.45, 2.75) is 38.8 Å².